The van der Waals surface area contributed by atoms with Gasteiger partial charge in [-0.3, -0.25) is 19.3 Å². The fraction of sp³-hybridized carbons (Fsp3) is 0. The van der Waals surface area contributed by atoms with E-state index in [1.165, 1.54) is 18.3 Å². The molecule has 0 aliphatic carbocycles. The van der Waals surface area contributed by atoms with Gasteiger partial charge in [-0.25, -0.2) is 0 Å². The van der Waals surface area contributed by atoms with Gasteiger partial charge in [0.25, 0.3) is 5.88 Å². The minimum Gasteiger partial charge on any atom is -0.488 e. The van der Waals surface area contributed by atoms with Crippen molar-refractivity contribution >= 4 is 11.3 Å². The Bertz CT molecular complexity index is 604. The molecule has 7 heteroatoms. The number of nitrogens with zero attached hydrogens (tertiary/aromatic N) is 3. The average Bonchev–Trinajstić information content (AvgIpc) is 2.17. The molecule has 0 fully saturated rings. The SMILES string of the molecule is O=c1c([N+](=O)[O-])c(O)nc2ccccn12. The summed E-state index contributed by atoms with van der Waals surface area (Å²) in [6.45, 7) is 0. The van der Waals surface area contributed by atoms with Gasteiger partial charge in [-0.2, -0.15) is 4.98 Å². The highest BCUT2D eigenvalue weighted by Crippen LogP contribution is 2.17. The van der Waals surface area contributed by atoms with E-state index < -0.39 is 22.0 Å². The second-order valence-corrected chi connectivity index (χ2v) is 2.78. The van der Waals surface area contributed by atoms with Crippen LogP contribution in [0, 0.1) is 10.1 Å². The first-order valence-electron chi connectivity index (χ1n) is 3.96. The van der Waals surface area contributed by atoms with E-state index in [0.717, 1.165) is 4.40 Å². The highest BCUT2D eigenvalue weighted by Gasteiger charge is 2.22. The maximum Gasteiger partial charge on any atom is 0.395 e. The molecular formula is C8H5N3O4. The molecule has 0 atom stereocenters. The van der Waals surface area contributed by atoms with Crippen LogP contribution in [0.1, 0.15) is 0 Å². The highest BCUT2D eigenvalue weighted by atomic mass is 16.6. The molecule has 2 aromatic rings. The summed E-state index contributed by atoms with van der Waals surface area (Å²) >= 11 is 0. The molecule has 1 N–H and O–H groups in total. The first-order chi connectivity index (χ1) is 7.11. The molecule has 0 aromatic carbocycles. The molecule has 0 spiro atoms. The van der Waals surface area contributed by atoms with Crippen molar-refractivity contribution in [1.29, 1.82) is 0 Å². The van der Waals surface area contributed by atoms with Gasteiger partial charge in [-0.1, -0.05) is 6.07 Å². The molecule has 0 bridgehead atoms. The summed E-state index contributed by atoms with van der Waals surface area (Å²) in [5, 5.41) is 19.7. The number of aromatic nitrogens is 2. The van der Waals surface area contributed by atoms with Crippen LogP contribution < -0.4 is 5.56 Å². The fourth-order valence-electron chi connectivity index (χ4n) is 1.23. The predicted octanol–water partition coefficient (Wildman–Crippen LogP) is 0.308. The van der Waals surface area contributed by atoms with E-state index >= 15 is 0 Å². The zero-order valence-electron chi connectivity index (χ0n) is 7.32. The minimum atomic E-state index is -0.954. The van der Waals surface area contributed by atoms with Gasteiger partial charge in [-0.05, 0) is 12.1 Å². The zero-order valence-corrected chi connectivity index (χ0v) is 7.32. The molecule has 2 aromatic heterocycles. The van der Waals surface area contributed by atoms with Crippen molar-refractivity contribution in [1.82, 2.24) is 9.38 Å². The lowest BCUT2D eigenvalue weighted by Gasteiger charge is -1.99. The van der Waals surface area contributed by atoms with Crippen LogP contribution in [0.15, 0.2) is 29.2 Å². The monoisotopic (exact) mass is 207 g/mol. The van der Waals surface area contributed by atoms with Gasteiger partial charge in [0.05, 0.1) is 4.92 Å². The molecule has 0 aliphatic heterocycles. The normalized spacial score (nSPS) is 10.4. The van der Waals surface area contributed by atoms with Crippen molar-refractivity contribution in [2.24, 2.45) is 0 Å². The van der Waals surface area contributed by atoms with Gasteiger partial charge in [0.15, 0.2) is 0 Å². The van der Waals surface area contributed by atoms with Crippen LogP contribution in [0.5, 0.6) is 5.88 Å². The summed E-state index contributed by atoms with van der Waals surface area (Å²) in [4.78, 5) is 24.6. The third kappa shape index (κ3) is 1.30. The van der Waals surface area contributed by atoms with Crippen LogP contribution >= 0.6 is 0 Å². The Labute approximate surface area is 82.4 Å². The Morgan fingerprint density at radius 3 is 2.87 bits per heavy atom. The Balaban J connectivity index is 2.97. The second-order valence-electron chi connectivity index (χ2n) is 2.78. The van der Waals surface area contributed by atoms with Crippen molar-refractivity contribution < 1.29 is 10.0 Å². The van der Waals surface area contributed by atoms with Crippen molar-refractivity contribution in [3.05, 3.63) is 44.9 Å². The number of aromatic hydroxyl groups is 1. The fourth-order valence-corrected chi connectivity index (χ4v) is 1.23. The number of rotatable bonds is 1. The van der Waals surface area contributed by atoms with E-state index in [0.29, 0.717) is 0 Å². The van der Waals surface area contributed by atoms with Crippen LogP contribution in [-0.2, 0) is 0 Å². The van der Waals surface area contributed by atoms with Gasteiger partial charge in [0, 0.05) is 6.20 Å². The lowest BCUT2D eigenvalue weighted by Crippen LogP contribution is -2.18. The van der Waals surface area contributed by atoms with Gasteiger partial charge < -0.3 is 5.11 Å². The number of fused-ring (bicyclic) bond motifs is 1. The molecular weight excluding hydrogens is 202 g/mol. The van der Waals surface area contributed by atoms with E-state index in [9.17, 15) is 20.0 Å². The second kappa shape index (κ2) is 3.05. The Hall–Kier alpha value is -2.44. The van der Waals surface area contributed by atoms with Crippen molar-refractivity contribution in [2.45, 2.75) is 0 Å². The average molecular weight is 207 g/mol. The summed E-state index contributed by atoms with van der Waals surface area (Å²) in [6, 6.07) is 4.61. The van der Waals surface area contributed by atoms with Gasteiger partial charge >= 0.3 is 11.2 Å². The Morgan fingerprint density at radius 1 is 1.47 bits per heavy atom. The standard InChI is InChI=1S/C8H5N3O4/c12-7-6(11(14)15)8(13)10-4-2-1-3-5(10)9-7/h1-4,12H. The molecule has 15 heavy (non-hydrogen) atoms. The molecule has 2 heterocycles. The van der Waals surface area contributed by atoms with E-state index in [1.807, 2.05) is 0 Å². The number of hydrogen-bond acceptors (Lipinski definition) is 5. The van der Waals surface area contributed by atoms with E-state index in [2.05, 4.69) is 4.98 Å². The third-order valence-corrected chi connectivity index (χ3v) is 1.87. The zero-order chi connectivity index (χ0) is 11.0. The van der Waals surface area contributed by atoms with E-state index in [-0.39, 0.29) is 5.65 Å². The quantitative estimate of drug-likeness (QED) is 0.536. The summed E-state index contributed by atoms with van der Waals surface area (Å²) < 4.78 is 0.998. The first kappa shape index (κ1) is 9.13. The van der Waals surface area contributed by atoms with Crippen LogP contribution in [0.4, 0.5) is 5.69 Å². The summed E-state index contributed by atoms with van der Waals surface area (Å²) in [5.74, 6) is -0.865. The topological polar surface area (TPSA) is 97.7 Å². The Morgan fingerprint density at radius 2 is 2.20 bits per heavy atom. The maximum absolute atomic E-state index is 11.5. The van der Waals surface area contributed by atoms with Crippen LogP contribution in [0.2, 0.25) is 0 Å². The minimum absolute atomic E-state index is 0.158. The van der Waals surface area contributed by atoms with Gasteiger partial charge in [-0.15, -0.1) is 0 Å². The van der Waals surface area contributed by atoms with Gasteiger partial charge in [0.2, 0.25) is 0 Å². The van der Waals surface area contributed by atoms with Crippen molar-refractivity contribution in [2.75, 3.05) is 0 Å². The number of hydrogen-bond donors (Lipinski definition) is 1. The predicted molar refractivity (Wildman–Crippen MR) is 49.8 cm³/mol. The molecule has 76 valence electrons. The maximum atomic E-state index is 11.5. The van der Waals surface area contributed by atoms with Crippen LogP contribution in [0.3, 0.4) is 0 Å². The first-order valence-corrected chi connectivity index (χ1v) is 3.96. The van der Waals surface area contributed by atoms with Crippen molar-refractivity contribution in [3.8, 4) is 5.88 Å². The lowest BCUT2D eigenvalue weighted by atomic mass is 10.4. The molecule has 2 rings (SSSR count). The molecule has 0 amide bonds. The highest BCUT2D eigenvalue weighted by molar-refractivity contribution is 5.48. The molecule has 0 unspecified atom stereocenters. The van der Waals surface area contributed by atoms with Gasteiger partial charge in [0.1, 0.15) is 5.65 Å². The Kier molecular flexibility index (Phi) is 1.86. The number of nitro groups is 1. The molecule has 0 saturated carbocycles. The van der Waals surface area contributed by atoms with E-state index in [1.54, 1.807) is 6.07 Å². The molecule has 0 aliphatic rings. The van der Waals surface area contributed by atoms with Crippen LogP contribution in [-0.4, -0.2) is 19.4 Å². The smallest absolute Gasteiger partial charge is 0.395 e. The van der Waals surface area contributed by atoms with Crippen LogP contribution in [0.25, 0.3) is 5.65 Å². The summed E-state index contributed by atoms with van der Waals surface area (Å²) in [7, 11) is 0. The lowest BCUT2D eigenvalue weighted by molar-refractivity contribution is -0.387. The number of pyridine rings is 1. The third-order valence-electron chi connectivity index (χ3n) is 1.87. The summed E-state index contributed by atoms with van der Waals surface area (Å²) in [6.07, 6.45) is 1.34. The summed E-state index contributed by atoms with van der Waals surface area (Å²) in [5.41, 5.74) is -1.66. The largest absolute Gasteiger partial charge is 0.488 e. The molecule has 7 nitrogen and oxygen atoms in total. The van der Waals surface area contributed by atoms with Crippen molar-refractivity contribution in [3.63, 3.8) is 0 Å². The molecule has 0 radical (unpaired) electrons. The van der Waals surface area contributed by atoms with E-state index in [4.69, 9.17) is 0 Å². The molecule has 0 saturated heterocycles.